The highest BCUT2D eigenvalue weighted by Crippen LogP contribution is 2.14. The van der Waals surface area contributed by atoms with Crippen molar-refractivity contribution in [2.24, 2.45) is 0 Å². The van der Waals surface area contributed by atoms with Crippen LogP contribution in [0.15, 0.2) is 18.3 Å². The summed E-state index contributed by atoms with van der Waals surface area (Å²) in [4.78, 5) is 7.10. The topological polar surface area (TPSA) is 28.2 Å². The molecule has 1 N–H and O–H groups in total. The lowest BCUT2D eigenvalue weighted by atomic mass is 10.1. The average molecular weight is 291 g/mol. The number of unbranched alkanes of at least 4 members (excludes halogenated alkanes) is 2. The first-order chi connectivity index (χ1) is 9.96. The fraction of sp³-hybridized carbons (Fsp3) is 0.722. The smallest absolute Gasteiger partial charge is 0.128 e. The molecule has 0 amide bonds. The summed E-state index contributed by atoms with van der Waals surface area (Å²) in [5, 5.41) is 3.50. The number of aromatic nitrogens is 1. The van der Waals surface area contributed by atoms with Crippen LogP contribution in [0.4, 0.5) is 5.82 Å². The normalized spacial score (nSPS) is 11.7. The minimum Gasteiger partial charge on any atom is -0.357 e. The minimum absolute atomic E-state index is 0.146. The molecule has 1 aromatic heterocycles. The molecule has 3 heteroatoms. The van der Waals surface area contributed by atoms with Crippen LogP contribution in [0, 0.1) is 0 Å². The fourth-order valence-corrected chi connectivity index (χ4v) is 2.11. The quantitative estimate of drug-likeness (QED) is 0.732. The number of nitrogens with zero attached hydrogens (tertiary/aromatic N) is 2. The summed E-state index contributed by atoms with van der Waals surface area (Å²) in [5.41, 5.74) is 1.40. The van der Waals surface area contributed by atoms with Crippen molar-refractivity contribution in [3.05, 3.63) is 23.9 Å². The van der Waals surface area contributed by atoms with Gasteiger partial charge in [-0.25, -0.2) is 4.98 Å². The number of nitrogens with one attached hydrogen (secondary N) is 1. The van der Waals surface area contributed by atoms with Crippen LogP contribution in [0.3, 0.4) is 0 Å². The van der Waals surface area contributed by atoms with Gasteiger partial charge in [-0.05, 0) is 45.2 Å². The Balaban J connectivity index is 2.63. The first kappa shape index (κ1) is 18.0. The molecule has 0 aliphatic carbocycles. The molecule has 0 fully saturated rings. The van der Waals surface area contributed by atoms with Crippen molar-refractivity contribution in [3.63, 3.8) is 0 Å². The molecule has 0 saturated heterocycles. The van der Waals surface area contributed by atoms with E-state index in [-0.39, 0.29) is 5.54 Å². The third-order valence-electron chi connectivity index (χ3n) is 3.52. The number of pyridine rings is 1. The van der Waals surface area contributed by atoms with Crippen molar-refractivity contribution in [3.8, 4) is 0 Å². The summed E-state index contributed by atoms with van der Waals surface area (Å²) >= 11 is 0. The van der Waals surface area contributed by atoms with Crippen LogP contribution in [-0.2, 0) is 6.54 Å². The second-order valence-electron chi connectivity index (χ2n) is 6.82. The van der Waals surface area contributed by atoms with Gasteiger partial charge in [0.25, 0.3) is 0 Å². The van der Waals surface area contributed by atoms with Crippen LogP contribution >= 0.6 is 0 Å². The van der Waals surface area contributed by atoms with Crippen LogP contribution in [0.2, 0.25) is 0 Å². The summed E-state index contributed by atoms with van der Waals surface area (Å²) in [6.07, 6.45) is 6.95. The predicted molar refractivity (Wildman–Crippen MR) is 92.9 cm³/mol. The first-order valence-electron chi connectivity index (χ1n) is 8.41. The molecule has 0 aliphatic heterocycles. The van der Waals surface area contributed by atoms with Gasteiger partial charge in [0.05, 0.1) is 0 Å². The van der Waals surface area contributed by atoms with E-state index in [9.17, 15) is 0 Å². The van der Waals surface area contributed by atoms with Crippen molar-refractivity contribution in [2.45, 2.75) is 72.4 Å². The van der Waals surface area contributed by atoms with Crippen molar-refractivity contribution in [1.82, 2.24) is 10.3 Å². The maximum atomic E-state index is 4.67. The van der Waals surface area contributed by atoms with E-state index in [0.717, 1.165) is 25.5 Å². The molecule has 0 bridgehead atoms. The summed E-state index contributed by atoms with van der Waals surface area (Å²) in [6, 6.07) is 4.37. The van der Waals surface area contributed by atoms with E-state index in [1.807, 2.05) is 6.20 Å². The fourth-order valence-electron chi connectivity index (χ4n) is 2.11. The van der Waals surface area contributed by atoms with Crippen molar-refractivity contribution in [1.29, 1.82) is 0 Å². The van der Waals surface area contributed by atoms with E-state index in [2.05, 4.69) is 62.0 Å². The SMILES string of the molecule is CCCCN(CCCC)c1ccc(CNC(C)(C)C)cn1. The Kier molecular flexibility index (Phi) is 7.73. The minimum atomic E-state index is 0.146. The molecule has 0 spiro atoms. The molecule has 1 heterocycles. The molecular weight excluding hydrogens is 258 g/mol. The van der Waals surface area contributed by atoms with E-state index in [1.54, 1.807) is 0 Å². The second-order valence-corrected chi connectivity index (χ2v) is 6.82. The van der Waals surface area contributed by atoms with Gasteiger partial charge >= 0.3 is 0 Å². The first-order valence-corrected chi connectivity index (χ1v) is 8.41. The highest BCUT2D eigenvalue weighted by atomic mass is 15.2. The Morgan fingerprint density at radius 1 is 1.05 bits per heavy atom. The van der Waals surface area contributed by atoms with Crippen LogP contribution in [0.25, 0.3) is 0 Å². The lowest BCUT2D eigenvalue weighted by Crippen LogP contribution is -2.35. The number of rotatable bonds is 9. The van der Waals surface area contributed by atoms with E-state index >= 15 is 0 Å². The van der Waals surface area contributed by atoms with Crippen LogP contribution < -0.4 is 10.2 Å². The Labute approximate surface area is 131 Å². The van der Waals surface area contributed by atoms with Crippen molar-refractivity contribution < 1.29 is 0 Å². The Bertz CT molecular complexity index is 370. The molecule has 0 aromatic carbocycles. The molecule has 0 unspecified atom stereocenters. The standard InChI is InChI=1S/C18H33N3/c1-6-8-12-21(13-9-7-2)17-11-10-16(14-19-17)15-20-18(3,4)5/h10-11,14,20H,6-9,12-13,15H2,1-5H3. The molecule has 1 rings (SSSR count). The number of hydrogen-bond donors (Lipinski definition) is 1. The Hall–Kier alpha value is -1.09. The number of hydrogen-bond acceptors (Lipinski definition) is 3. The molecule has 0 saturated carbocycles. The molecule has 0 atom stereocenters. The maximum Gasteiger partial charge on any atom is 0.128 e. The largest absolute Gasteiger partial charge is 0.357 e. The maximum absolute atomic E-state index is 4.67. The average Bonchev–Trinajstić information content (AvgIpc) is 2.45. The molecular formula is C18H33N3. The van der Waals surface area contributed by atoms with Crippen LogP contribution in [0.1, 0.15) is 65.9 Å². The van der Waals surface area contributed by atoms with Gasteiger partial charge in [0.2, 0.25) is 0 Å². The second kappa shape index (κ2) is 9.04. The molecule has 21 heavy (non-hydrogen) atoms. The van der Waals surface area contributed by atoms with Gasteiger partial charge in [-0.3, -0.25) is 0 Å². The molecule has 3 nitrogen and oxygen atoms in total. The zero-order chi connectivity index (χ0) is 15.7. The zero-order valence-corrected chi connectivity index (χ0v) is 14.6. The molecule has 120 valence electrons. The predicted octanol–water partition coefficient (Wildman–Crippen LogP) is 4.38. The molecule has 0 aliphatic rings. The lowest BCUT2D eigenvalue weighted by molar-refractivity contribution is 0.424. The van der Waals surface area contributed by atoms with E-state index < -0.39 is 0 Å². The van der Waals surface area contributed by atoms with E-state index in [1.165, 1.54) is 31.2 Å². The highest BCUT2D eigenvalue weighted by Gasteiger charge is 2.10. The van der Waals surface area contributed by atoms with Crippen molar-refractivity contribution >= 4 is 5.82 Å². The van der Waals surface area contributed by atoms with Crippen LogP contribution in [-0.4, -0.2) is 23.6 Å². The highest BCUT2D eigenvalue weighted by molar-refractivity contribution is 5.39. The monoisotopic (exact) mass is 291 g/mol. The van der Waals surface area contributed by atoms with Gasteiger partial charge in [0.15, 0.2) is 0 Å². The molecule has 0 radical (unpaired) electrons. The van der Waals surface area contributed by atoms with Crippen molar-refractivity contribution in [2.75, 3.05) is 18.0 Å². The van der Waals surface area contributed by atoms with Crippen LogP contribution in [0.5, 0.6) is 0 Å². The van der Waals surface area contributed by atoms with Gasteiger partial charge in [0, 0.05) is 31.4 Å². The number of anilines is 1. The third-order valence-corrected chi connectivity index (χ3v) is 3.52. The Morgan fingerprint density at radius 2 is 1.67 bits per heavy atom. The summed E-state index contributed by atoms with van der Waals surface area (Å²) in [5.74, 6) is 1.12. The zero-order valence-electron chi connectivity index (χ0n) is 14.6. The molecule has 1 aromatic rings. The summed E-state index contributed by atoms with van der Waals surface area (Å²) in [6.45, 7) is 14.1. The third kappa shape index (κ3) is 7.47. The van der Waals surface area contributed by atoms with Gasteiger partial charge in [-0.1, -0.05) is 32.8 Å². The van der Waals surface area contributed by atoms with Gasteiger partial charge in [0.1, 0.15) is 5.82 Å². The summed E-state index contributed by atoms with van der Waals surface area (Å²) < 4.78 is 0. The van der Waals surface area contributed by atoms with Gasteiger partial charge < -0.3 is 10.2 Å². The Morgan fingerprint density at radius 3 is 2.10 bits per heavy atom. The van der Waals surface area contributed by atoms with Gasteiger partial charge in [-0.2, -0.15) is 0 Å². The van der Waals surface area contributed by atoms with E-state index in [0.29, 0.717) is 0 Å². The summed E-state index contributed by atoms with van der Waals surface area (Å²) in [7, 11) is 0. The van der Waals surface area contributed by atoms with E-state index in [4.69, 9.17) is 0 Å². The lowest BCUT2D eigenvalue weighted by Gasteiger charge is -2.24. The van der Waals surface area contributed by atoms with Gasteiger partial charge in [-0.15, -0.1) is 0 Å².